The van der Waals surface area contributed by atoms with Gasteiger partial charge in [-0.3, -0.25) is 4.79 Å². The second-order valence-electron chi connectivity index (χ2n) is 3.69. The van der Waals surface area contributed by atoms with E-state index in [4.69, 9.17) is 10.5 Å². The van der Waals surface area contributed by atoms with Gasteiger partial charge < -0.3 is 15.4 Å². The van der Waals surface area contributed by atoms with Gasteiger partial charge in [-0.1, -0.05) is 13.3 Å². The van der Waals surface area contributed by atoms with E-state index in [-0.39, 0.29) is 18.6 Å². The zero-order valence-electron chi connectivity index (χ0n) is 8.87. The molecule has 0 aromatic rings. The predicted octanol–water partition coefficient (Wildman–Crippen LogP) is 0.363. The first-order valence-corrected chi connectivity index (χ1v) is 5.36. The van der Waals surface area contributed by atoms with Crippen LogP contribution in [-0.2, 0) is 9.53 Å². The zero-order chi connectivity index (χ0) is 10.4. The lowest BCUT2D eigenvalue weighted by atomic mass is 10.1. The molecule has 1 unspecified atom stereocenters. The Balaban J connectivity index is 2.47. The standard InChI is InChI=1S/C10H20N2O2/c1-2-3-6-12-9(4-5-11)7-14-8-10(12)13/h9H,2-8,11H2,1H3. The lowest BCUT2D eigenvalue weighted by molar-refractivity contribution is -0.148. The maximum atomic E-state index is 11.5. The molecule has 1 fully saturated rings. The van der Waals surface area contributed by atoms with Crippen LogP contribution in [0.25, 0.3) is 0 Å². The number of carbonyl (C=O) groups is 1. The van der Waals surface area contributed by atoms with Gasteiger partial charge in [0.25, 0.3) is 0 Å². The predicted molar refractivity (Wildman–Crippen MR) is 54.9 cm³/mol. The number of unbranched alkanes of at least 4 members (excludes halogenated alkanes) is 1. The molecule has 0 aromatic heterocycles. The average molecular weight is 200 g/mol. The molecule has 1 rings (SSSR count). The molecule has 0 radical (unpaired) electrons. The highest BCUT2D eigenvalue weighted by Crippen LogP contribution is 2.12. The van der Waals surface area contributed by atoms with Gasteiger partial charge >= 0.3 is 0 Å². The monoisotopic (exact) mass is 200 g/mol. The third-order valence-corrected chi connectivity index (χ3v) is 2.55. The molecule has 4 nitrogen and oxygen atoms in total. The molecule has 0 spiro atoms. The number of nitrogens with two attached hydrogens (primary N) is 1. The van der Waals surface area contributed by atoms with E-state index in [1.807, 2.05) is 4.90 Å². The summed E-state index contributed by atoms with van der Waals surface area (Å²) in [5.41, 5.74) is 5.50. The summed E-state index contributed by atoms with van der Waals surface area (Å²) in [7, 11) is 0. The van der Waals surface area contributed by atoms with Crippen LogP contribution in [0.1, 0.15) is 26.2 Å². The lowest BCUT2D eigenvalue weighted by Gasteiger charge is -2.35. The summed E-state index contributed by atoms with van der Waals surface area (Å²) >= 11 is 0. The van der Waals surface area contributed by atoms with Crippen LogP contribution in [0.5, 0.6) is 0 Å². The van der Waals surface area contributed by atoms with Crippen LogP contribution in [0.4, 0.5) is 0 Å². The van der Waals surface area contributed by atoms with Crippen LogP contribution in [-0.4, -0.2) is 43.2 Å². The number of morpholine rings is 1. The second-order valence-corrected chi connectivity index (χ2v) is 3.69. The fraction of sp³-hybridized carbons (Fsp3) is 0.900. The summed E-state index contributed by atoms with van der Waals surface area (Å²) in [6, 6.07) is 0.202. The summed E-state index contributed by atoms with van der Waals surface area (Å²) in [6.07, 6.45) is 3.02. The maximum absolute atomic E-state index is 11.5. The van der Waals surface area contributed by atoms with Crippen LogP contribution in [0.2, 0.25) is 0 Å². The van der Waals surface area contributed by atoms with Crippen molar-refractivity contribution in [3.8, 4) is 0 Å². The lowest BCUT2D eigenvalue weighted by Crippen LogP contribution is -2.50. The first kappa shape index (κ1) is 11.5. The Morgan fingerprint density at radius 2 is 2.43 bits per heavy atom. The van der Waals surface area contributed by atoms with Crippen LogP contribution in [0, 0.1) is 0 Å². The van der Waals surface area contributed by atoms with E-state index in [1.54, 1.807) is 0 Å². The van der Waals surface area contributed by atoms with Crippen molar-refractivity contribution in [2.75, 3.05) is 26.3 Å². The Morgan fingerprint density at radius 3 is 3.07 bits per heavy atom. The van der Waals surface area contributed by atoms with Gasteiger partial charge in [0.2, 0.25) is 5.91 Å². The number of carbonyl (C=O) groups excluding carboxylic acids is 1. The molecule has 0 saturated carbocycles. The van der Waals surface area contributed by atoms with Gasteiger partial charge in [0.1, 0.15) is 6.61 Å². The normalized spacial score (nSPS) is 22.9. The maximum Gasteiger partial charge on any atom is 0.248 e. The molecule has 1 aliphatic rings. The molecule has 1 amide bonds. The molecule has 0 aliphatic carbocycles. The second kappa shape index (κ2) is 5.98. The Labute approximate surface area is 85.4 Å². The highest BCUT2D eigenvalue weighted by atomic mass is 16.5. The van der Waals surface area contributed by atoms with Crippen molar-refractivity contribution in [1.82, 2.24) is 4.90 Å². The van der Waals surface area contributed by atoms with Gasteiger partial charge in [-0.15, -0.1) is 0 Å². The number of hydrogen-bond acceptors (Lipinski definition) is 3. The topological polar surface area (TPSA) is 55.6 Å². The van der Waals surface area contributed by atoms with Crippen LogP contribution < -0.4 is 5.73 Å². The van der Waals surface area contributed by atoms with E-state index in [9.17, 15) is 4.79 Å². The molecule has 1 saturated heterocycles. The molecule has 1 aliphatic heterocycles. The smallest absolute Gasteiger partial charge is 0.248 e. The first-order chi connectivity index (χ1) is 6.79. The van der Waals surface area contributed by atoms with Gasteiger partial charge in [-0.2, -0.15) is 0 Å². The van der Waals surface area contributed by atoms with Crippen LogP contribution in [0.3, 0.4) is 0 Å². The molecule has 0 bridgehead atoms. The molecule has 2 N–H and O–H groups in total. The van der Waals surface area contributed by atoms with Crippen molar-refractivity contribution in [2.24, 2.45) is 5.73 Å². The minimum Gasteiger partial charge on any atom is -0.369 e. The van der Waals surface area contributed by atoms with Crippen LogP contribution >= 0.6 is 0 Å². The average Bonchev–Trinajstić information content (AvgIpc) is 2.18. The Kier molecular flexibility index (Phi) is 4.90. The highest BCUT2D eigenvalue weighted by molar-refractivity contribution is 5.78. The summed E-state index contributed by atoms with van der Waals surface area (Å²) in [6.45, 7) is 4.48. The van der Waals surface area contributed by atoms with Gasteiger partial charge in [-0.25, -0.2) is 0 Å². The van der Waals surface area contributed by atoms with E-state index in [0.29, 0.717) is 13.2 Å². The Hall–Kier alpha value is -0.610. The molecule has 4 heteroatoms. The van der Waals surface area contributed by atoms with Crippen molar-refractivity contribution < 1.29 is 9.53 Å². The van der Waals surface area contributed by atoms with E-state index in [2.05, 4.69) is 6.92 Å². The molecule has 1 heterocycles. The third kappa shape index (κ3) is 2.96. The fourth-order valence-electron chi connectivity index (χ4n) is 1.73. The van der Waals surface area contributed by atoms with E-state index < -0.39 is 0 Å². The largest absolute Gasteiger partial charge is 0.369 e. The van der Waals surface area contributed by atoms with Gasteiger partial charge in [-0.05, 0) is 19.4 Å². The number of rotatable bonds is 5. The van der Waals surface area contributed by atoms with Gasteiger partial charge in [0.05, 0.1) is 12.6 Å². The first-order valence-electron chi connectivity index (χ1n) is 5.36. The summed E-state index contributed by atoms with van der Waals surface area (Å²) in [5, 5.41) is 0. The number of hydrogen-bond donors (Lipinski definition) is 1. The molecular formula is C10H20N2O2. The molecule has 82 valence electrons. The van der Waals surface area contributed by atoms with Crippen LogP contribution in [0.15, 0.2) is 0 Å². The minimum absolute atomic E-state index is 0.114. The van der Waals surface area contributed by atoms with Crippen molar-refractivity contribution in [1.29, 1.82) is 0 Å². The van der Waals surface area contributed by atoms with Crippen molar-refractivity contribution in [3.05, 3.63) is 0 Å². The highest BCUT2D eigenvalue weighted by Gasteiger charge is 2.27. The number of nitrogens with zero attached hydrogens (tertiary/aromatic N) is 1. The van der Waals surface area contributed by atoms with Crippen molar-refractivity contribution >= 4 is 5.91 Å². The van der Waals surface area contributed by atoms with Crippen molar-refractivity contribution in [3.63, 3.8) is 0 Å². The van der Waals surface area contributed by atoms with E-state index in [1.165, 1.54) is 0 Å². The van der Waals surface area contributed by atoms with E-state index in [0.717, 1.165) is 25.8 Å². The molecule has 14 heavy (non-hydrogen) atoms. The molecule has 0 aromatic carbocycles. The SMILES string of the molecule is CCCCN1C(=O)COCC1CCN. The van der Waals surface area contributed by atoms with Gasteiger partial charge in [0, 0.05) is 6.54 Å². The molecule has 1 atom stereocenters. The fourth-order valence-corrected chi connectivity index (χ4v) is 1.73. The molecular weight excluding hydrogens is 180 g/mol. The van der Waals surface area contributed by atoms with E-state index >= 15 is 0 Å². The number of amides is 1. The summed E-state index contributed by atoms with van der Waals surface area (Å²) < 4.78 is 5.21. The Bertz CT molecular complexity index is 183. The van der Waals surface area contributed by atoms with Gasteiger partial charge in [0.15, 0.2) is 0 Å². The third-order valence-electron chi connectivity index (χ3n) is 2.55. The Morgan fingerprint density at radius 1 is 1.64 bits per heavy atom. The zero-order valence-corrected chi connectivity index (χ0v) is 8.87. The minimum atomic E-state index is 0.114. The summed E-state index contributed by atoms with van der Waals surface area (Å²) in [5.74, 6) is 0.114. The summed E-state index contributed by atoms with van der Waals surface area (Å²) in [4.78, 5) is 13.5. The van der Waals surface area contributed by atoms with Crippen molar-refractivity contribution in [2.45, 2.75) is 32.2 Å². The quantitative estimate of drug-likeness (QED) is 0.697. The number of ether oxygens (including phenoxy) is 1.